The van der Waals surface area contributed by atoms with Gasteiger partial charge in [-0.1, -0.05) is 0 Å². The van der Waals surface area contributed by atoms with Crippen LogP contribution in [0.15, 0.2) is 0 Å². The summed E-state index contributed by atoms with van der Waals surface area (Å²) in [7, 11) is -4.92. The van der Waals surface area contributed by atoms with Crippen LogP contribution >= 0.6 is 0 Å². The fourth-order valence-electron chi connectivity index (χ4n) is 0. The topological polar surface area (TPSA) is 127 Å². The lowest BCUT2D eigenvalue weighted by Crippen LogP contribution is -1.91. The third kappa shape index (κ3) is 2020. The molecule has 0 atom stereocenters. The van der Waals surface area contributed by atoms with Gasteiger partial charge in [0.1, 0.15) is 0 Å². The molecule has 9 heavy (non-hydrogen) atoms. The minimum Gasteiger partial charge on any atom is -0.726 e. The summed E-state index contributed by atoms with van der Waals surface area (Å²) in [5.74, 6) is 0. The van der Waals surface area contributed by atoms with Crippen molar-refractivity contribution in [1.82, 2.24) is 0 Å². The SMILES string of the molecule is N#CCN.O=S(=O)([O-])O. The molecular weight excluding hydrogens is 148 g/mol. The molecule has 6 nitrogen and oxygen atoms in total. The lowest BCUT2D eigenvalue weighted by Gasteiger charge is -1.88. The van der Waals surface area contributed by atoms with Crippen molar-refractivity contribution in [3.05, 3.63) is 0 Å². The Morgan fingerprint density at radius 3 is 1.89 bits per heavy atom. The molecule has 0 rings (SSSR count). The van der Waals surface area contributed by atoms with Gasteiger partial charge in [0, 0.05) is 0 Å². The first kappa shape index (κ1) is 11.2. The molecule has 0 heterocycles. The molecular formula is C2H5N2O4S-. The van der Waals surface area contributed by atoms with Gasteiger partial charge in [-0.05, 0) is 0 Å². The monoisotopic (exact) mass is 153 g/mol. The summed E-state index contributed by atoms with van der Waals surface area (Å²) in [4.78, 5) is 0. The zero-order chi connectivity index (χ0) is 7.91. The van der Waals surface area contributed by atoms with Crippen molar-refractivity contribution in [2.24, 2.45) is 5.73 Å². The first-order valence-electron chi connectivity index (χ1n) is 1.67. The highest BCUT2D eigenvalue weighted by molar-refractivity contribution is 7.79. The van der Waals surface area contributed by atoms with Crippen molar-refractivity contribution in [2.75, 3.05) is 6.54 Å². The van der Waals surface area contributed by atoms with E-state index in [1.54, 1.807) is 6.07 Å². The van der Waals surface area contributed by atoms with Gasteiger partial charge in [0.05, 0.1) is 12.6 Å². The van der Waals surface area contributed by atoms with Crippen LogP contribution in [-0.2, 0) is 10.4 Å². The van der Waals surface area contributed by atoms with Crippen molar-refractivity contribution in [3.8, 4) is 6.07 Å². The van der Waals surface area contributed by atoms with E-state index in [9.17, 15) is 0 Å². The van der Waals surface area contributed by atoms with Crippen LogP contribution in [0, 0.1) is 11.3 Å². The molecule has 0 aromatic rings. The molecule has 0 aliphatic rings. The quantitative estimate of drug-likeness (QED) is 0.247. The molecule has 0 spiro atoms. The summed E-state index contributed by atoms with van der Waals surface area (Å²) >= 11 is 0. The van der Waals surface area contributed by atoms with Crippen molar-refractivity contribution in [3.63, 3.8) is 0 Å². The predicted octanol–water partition coefficient (Wildman–Crippen LogP) is -1.53. The second kappa shape index (κ2) is 5.46. The van der Waals surface area contributed by atoms with E-state index in [-0.39, 0.29) is 6.54 Å². The number of nitrogens with two attached hydrogens (primary N) is 1. The summed E-state index contributed by atoms with van der Waals surface area (Å²) in [5, 5.41) is 7.50. The lowest BCUT2D eigenvalue weighted by atomic mass is 10.8. The predicted molar refractivity (Wildman–Crippen MR) is 27.0 cm³/mol. The van der Waals surface area contributed by atoms with Gasteiger partial charge >= 0.3 is 0 Å². The van der Waals surface area contributed by atoms with Crippen molar-refractivity contribution in [1.29, 1.82) is 5.26 Å². The van der Waals surface area contributed by atoms with E-state index in [4.69, 9.17) is 22.8 Å². The average Bonchev–Trinajstić information content (AvgIpc) is 1.61. The van der Waals surface area contributed by atoms with Crippen LogP contribution in [0.4, 0.5) is 0 Å². The molecule has 0 amide bonds. The third-order valence-electron chi connectivity index (χ3n) is 0.0913. The molecule has 0 saturated carbocycles. The van der Waals surface area contributed by atoms with E-state index >= 15 is 0 Å². The summed E-state index contributed by atoms with van der Waals surface area (Å²) in [6, 6.07) is 1.71. The Morgan fingerprint density at radius 1 is 1.78 bits per heavy atom. The Labute approximate surface area is 52.5 Å². The third-order valence-corrected chi connectivity index (χ3v) is 0.0913. The average molecular weight is 153 g/mol. The first-order valence-corrected chi connectivity index (χ1v) is 3.03. The highest BCUT2D eigenvalue weighted by Gasteiger charge is 1.67. The molecule has 0 radical (unpaired) electrons. The van der Waals surface area contributed by atoms with Crippen LogP contribution in [0.3, 0.4) is 0 Å². The number of rotatable bonds is 0. The second-order valence-corrected chi connectivity index (χ2v) is 1.65. The van der Waals surface area contributed by atoms with Gasteiger partial charge in [0.25, 0.3) is 0 Å². The van der Waals surface area contributed by atoms with Gasteiger partial charge in [-0.15, -0.1) is 0 Å². The molecule has 0 aromatic heterocycles. The molecule has 0 unspecified atom stereocenters. The van der Waals surface area contributed by atoms with Crippen LogP contribution in [0.2, 0.25) is 0 Å². The van der Waals surface area contributed by atoms with E-state index in [1.807, 2.05) is 0 Å². The van der Waals surface area contributed by atoms with Crippen LogP contribution < -0.4 is 5.73 Å². The maximum atomic E-state index is 8.63. The molecule has 0 bridgehead atoms. The Hall–Kier alpha value is -0.680. The van der Waals surface area contributed by atoms with Crippen molar-refractivity contribution >= 4 is 10.4 Å². The van der Waals surface area contributed by atoms with E-state index in [1.165, 1.54) is 0 Å². The number of nitriles is 1. The van der Waals surface area contributed by atoms with Crippen molar-refractivity contribution in [2.45, 2.75) is 0 Å². The van der Waals surface area contributed by atoms with Gasteiger partial charge in [-0.2, -0.15) is 5.26 Å². The highest BCUT2D eigenvalue weighted by Crippen LogP contribution is 1.58. The Morgan fingerprint density at radius 2 is 1.89 bits per heavy atom. The van der Waals surface area contributed by atoms with Crippen LogP contribution in [0.5, 0.6) is 0 Å². The Bertz CT molecular complexity index is 169. The minimum atomic E-state index is -4.92. The second-order valence-electron chi connectivity index (χ2n) is 0.790. The molecule has 7 heteroatoms. The molecule has 0 aromatic carbocycles. The number of hydrogen-bond donors (Lipinski definition) is 2. The summed E-state index contributed by atoms with van der Waals surface area (Å²) in [6.45, 7) is 0.125. The van der Waals surface area contributed by atoms with E-state index in [0.29, 0.717) is 0 Å². The zero-order valence-corrected chi connectivity index (χ0v) is 5.13. The first-order chi connectivity index (χ1) is 3.91. The summed E-state index contributed by atoms with van der Waals surface area (Å²) in [5.41, 5.74) is 4.67. The van der Waals surface area contributed by atoms with Crippen LogP contribution in [-0.4, -0.2) is 24.1 Å². The van der Waals surface area contributed by atoms with Crippen LogP contribution in [0.1, 0.15) is 0 Å². The standard InChI is InChI=1S/C2H4N2.H2O4S/c3-1-2-4;1-5(2,3)4/h1,3H2;(H2,1,2,3,4)/p-1. The fraction of sp³-hybridized carbons (Fsp3) is 0.500. The Balaban J connectivity index is 0. The highest BCUT2D eigenvalue weighted by atomic mass is 32.3. The van der Waals surface area contributed by atoms with Crippen LogP contribution in [0.25, 0.3) is 0 Å². The van der Waals surface area contributed by atoms with E-state index in [2.05, 4.69) is 5.73 Å². The molecule has 54 valence electrons. The largest absolute Gasteiger partial charge is 0.726 e. The van der Waals surface area contributed by atoms with Gasteiger partial charge in [0.2, 0.25) is 10.4 Å². The van der Waals surface area contributed by atoms with Crippen molar-refractivity contribution < 1.29 is 17.5 Å². The maximum absolute atomic E-state index is 8.63. The molecule has 0 fully saturated rings. The zero-order valence-electron chi connectivity index (χ0n) is 4.31. The number of nitrogens with zero attached hydrogens (tertiary/aromatic N) is 1. The molecule has 0 saturated heterocycles. The van der Waals surface area contributed by atoms with Gasteiger partial charge in [-0.25, -0.2) is 8.42 Å². The fourth-order valence-corrected chi connectivity index (χ4v) is 0. The molecule has 0 aliphatic heterocycles. The molecule has 0 aliphatic carbocycles. The van der Waals surface area contributed by atoms with Gasteiger partial charge in [0.15, 0.2) is 0 Å². The smallest absolute Gasteiger partial charge is 0.215 e. The van der Waals surface area contributed by atoms with Gasteiger partial charge < -0.3 is 10.3 Å². The van der Waals surface area contributed by atoms with E-state index in [0.717, 1.165) is 0 Å². The van der Waals surface area contributed by atoms with Gasteiger partial charge in [-0.3, -0.25) is 4.55 Å². The Kier molecular flexibility index (Phi) is 6.77. The normalized spacial score (nSPS) is 8.67. The molecule has 3 N–H and O–H groups in total. The minimum absolute atomic E-state index is 0.125. The lowest BCUT2D eigenvalue weighted by molar-refractivity contribution is 0.366. The summed E-state index contributed by atoms with van der Waals surface area (Å²) < 4.78 is 32.8. The maximum Gasteiger partial charge on any atom is 0.215 e. The summed E-state index contributed by atoms with van der Waals surface area (Å²) in [6.07, 6.45) is 0. The number of hydrogen-bond acceptors (Lipinski definition) is 5. The van der Waals surface area contributed by atoms with E-state index < -0.39 is 10.4 Å².